The summed E-state index contributed by atoms with van der Waals surface area (Å²) in [6.45, 7) is 0.606. The van der Waals surface area contributed by atoms with Crippen LogP contribution in [0.25, 0.3) is 0 Å². The van der Waals surface area contributed by atoms with Gasteiger partial charge in [-0.05, 0) is 70.8 Å². The van der Waals surface area contributed by atoms with Crippen molar-refractivity contribution < 1.29 is 37.0 Å². The Morgan fingerprint density at radius 2 is 0.894 bits per heavy atom. The van der Waals surface area contributed by atoms with Crippen molar-refractivity contribution in [3.05, 3.63) is 119 Å². The van der Waals surface area contributed by atoms with Crippen molar-refractivity contribution >= 4 is 24.6 Å². The molecule has 252 valence electrons. The lowest BCUT2D eigenvalue weighted by atomic mass is 10.2. The SMILES string of the molecule is COc1cccc(COP(NP(=NP(N)N)(OCc2cccc(OC)c2)OCc2cccc(OC)c2)OCc2cccc(OC)c2)c1. The zero-order valence-corrected chi connectivity index (χ0v) is 29.5. The second-order valence-corrected chi connectivity index (χ2v) is 14.7. The summed E-state index contributed by atoms with van der Waals surface area (Å²) in [6, 6.07) is 30.2. The summed E-state index contributed by atoms with van der Waals surface area (Å²) >= 11 is 0. The minimum Gasteiger partial charge on any atom is -0.497 e. The fraction of sp³-hybridized carbons (Fsp3) is 0.250. The summed E-state index contributed by atoms with van der Waals surface area (Å²) in [4.78, 5) is 3.35. The van der Waals surface area contributed by atoms with Crippen molar-refractivity contribution in [1.29, 1.82) is 0 Å². The molecule has 4 aromatic rings. The minimum atomic E-state index is -3.46. The smallest absolute Gasteiger partial charge is 0.301 e. The molecule has 4 aromatic carbocycles. The number of hydrogen-bond donors (Lipinski definition) is 3. The first-order valence-corrected chi connectivity index (χ1v) is 18.6. The van der Waals surface area contributed by atoms with Crippen LogP contribution in [0.5, 0.6) is 23.0 Å². The van der Waals surface area contributed by atoms with Gasteiger partial charge in [-0.25, -0.2) is 0 Å². The van der Waals surface area contributed by atoms with E-state index < -0.39 is 24.6 Å². The summed E-state index contributed by atoms with van der Waals surface area (Å²) < 4.78 is 52.0. The number of benzene rings is 4. The van der Waals surface area contributed by atoms with Crippen LogP contribution in [0, 0.1) is 0 Å². The predicted molar refractivity (Wildman–Crippen MR) is 186 cm³/mol. The van der Waals surface area contributed by atoms with Gasteiger partial charge in [-0.15, -0.1) is 0 Å². The molecule has 0 saturated carbocycles. The van der Waals surface area contributed by atoms with Crippen molar-refractivity contribution in [1.82, 2.24) is 4.86 Å². The van der Waals surface area contributed by atoms with Gasteiger partial charge in [0.15, 0.2) is 8.37 Å². The molecular weight excluding hydrogens is 661 g/mol. The van der Waals surface area contributed by atoms with Crippen LogP contribution in [0.1, 0.15) is 22.3 Å². The molecule has 5 N–H and O–H groups in total. The molecule has 0 radical (unpaired) electrons. The van der Waals surface area contributed by atoms with Crippen LogP contribution < -0.4 is 34.8 Å². The Labute approximate surface area is 278 Å². The zero-order chi connectivity index (χ0) is 33.5. The summed E-state index contributed by atoms with van der Waals surface area (Å²) in [5, 5.41) is 0. The first-order valence-electron chi connectivity index (χ1n) is 14.4. The van der Waals surface area contributed by atoms with Crippen molar-refractivity contribution in [3.8, 4) is 23.0 Å². The quantitative estimate of drug-likeness (QED) is 0.0822. The lowest BCUT2D eigenvalue weighted by Gasteiger charge is -2.29. The fourth-order valence-electron chi connectivity index (χ4n) is 4.14. The van der Waals surface area contributed by atoms with E-state index in [4.69, 9.17) is 48.1 Å². The highest BCUT2D eigenvalue weighted by Gasteiger charge is 2.31. The summed E-state index contributed by atoms with van der Waals surface area (Å²) in [7, 11) is -0.768. The van der Waals surface area contributed by atoms with E-state index in [2.05, 4.69) is 9.37 Å². The fourth-order valence-corrected chi connectivity index (χ4v) is 9.24. The molecule has 0 atom stereocenters. The van der Waals surface area contributed by atoms with Gasteiger partial charge in [-0.2, -0.15) is 9.37 Å². The average molecular weight is 703 g/mol. The summed E-state index contributed by atoms with van der Waals surface area (Å²) in [5.41, 5.74) is 15.7. The Hall–Kier alpha value is -3.11. The molecule has 0 aliphatic heterocycles. The van der Waals surface area contributed by atoms with Crippen LogP contribution >= 0.6 is 24.6 Å². The van der Waals surface area contributed by atoms with Crippen LogP contribution in [0.2, 0.25) is 0 Å². The van der Waals surface area contributed by atoms with Crippen LogP contribution in [0.3, 0.4) is 0 Å². The molecule has 0 fully saturated rings. The average Bonchev–Trinajstić information content (AvgIpc) is 3.11. The second kappa shape index (κ2) is 19.0. The van der Waals surface area contributed by atoms with E-state index in [1.54, 1.807) is 28.4 Å². The first-order chi connectivity index (χ1) is 22.8. The monoisotopic (exact) mass is 702 g/mol. The number of ether oxygens (including phenoxy) is 4. The van der Waals surface area contributed by atoms with Gasteiger partial charge in [0.1, 0.15) is 23.0 Å². The maximum Gasteiger partial charge on any atom is 0.301 e. The molecule has 0 amide bonds. The van der Waals surface area contributed by atoms with E-state index in [1.807, 2.05) is 97.1 Å². The molecule has 0 saturated heterocycles. The molecule has 0 heterocycles. The molecule has 0 aliphatic carbocycles. The van der Waals surface area contributed by atoms with Crippen LogP contribution in [-0.2, 0) is 44.5 Å². The molecular formula is C32H41N4O8P3. The van der Waals surface area contributed by atoms with Gasteiger partial charge in [0.05, 0.1) is 54.9 Å². The molecule has 0 unspecified atom stereocenters. The Kier molecular flexibility index (Phi) is 14.9. The van der Waals surface area contributed by atoms with Crippen molar-refractivity contribution in [2.45, 2.75) is 26.4 Å². The second-order valence-electron chi connectivity index (χ2n) is 9.85. The molecule has 4 rings (SSSR count). The predicted octanol–water partition coefficient (Wildman–Crippen LogP) is 7.80. The third kappa shape index (κ3) is 12.1. The number of nitrogens with zero attached hydrogens (tertiary/aromatic N) is 1. The Morgan fingerprint density at radius 3 is 1.21 bits per heavy atom. The van der Waals surface area contributed by atoms with Gasteiger partial charge in [-0.1, -0.05) is 48.5 Å². The molecule has 47 heavy (non-hydrogen) atoms. The minimum absolute atomic E-state index is 0.109. The normalized spacial score (nSPS) is 11.5. The van der Waals surface area contributed by atoms with Gasteiger partial charge in [0.25, 0.3) is 8.53 Å². The summed E-state index contributed by atoms with van der Waals surface area (Å²) in [6.07, 6.45) is 0. The van der Waals surface area contributed by atoms with Crippen LogP contribution in [0.4, 0.5) is 0 Å². The summed E-state index contributed by atoms with van der Waals surface area (Å²) in [5.74, 6) is 2.78. The maximum absolute atomic E-state index is 6.51. The highest BCUT2D eigenvalue weighted by atomic mass is 31.3. The topological polar surface area (TPSA) is 150 Å². The van der Waals surface area contributed by atoms with E-state index in [1.165, 1.54) is 0 Å². The van der Waals surface area contributed by atoms with E-state index >= 15 is 0 Å². The molecule has 0 aromatic heterocycles. The lowest BCUT2D eigenvalue weighted by Crippen LogP contribution is -2.15. The van der Waals surface area contributed by atoms with Gasteiger partial charge < -0.3 is 37.0 Å². The molecule has 0 aliphatic rings. The van der Waals surface area contributed by atoms with Gasteiger partial charge in [-0.3, -0.25) is 11.0 Å². The largest absolute Gasteiger partial charge is 0.497 e. The number of nitrogens with one attached hydrogen (secondary N) is 1. The standard InChI is InChI=1S/C32H41N4O8P3/c1-37-29-13-5-9-25(17-29)21-41-46(42-22-26-10-6-14-30(18-26)38-2)36-47(35-45(33)34,43-23-27-11-7-15-31(19-27)39-3)44-24-28-12-8-16-32(20-28)40-4/h5-20,36H,21-24,33-34H2,1-4H3. The zero-order valence-electron chi connectivity index (χ0n) is 26.8. The van der Waals surface area contributed by atoms with E-state index in [0.29, 0.717) is 23.0 Å². The van der Waals surface area contributed by atoms with Gasteiger partial charge >= 0.3 is 7.66 Å². The van der Waals surface area contributed by atoms with Crippen molar-refractivity contribution in [2.75, 3.05) is 28.4 Å². The van der Waals surface area contributed by atoms with Gasteiger partial charge in [0, 0.05) is 0 Å². The number of methoxy groups -OCH3 is 4. The first kappa shape index (κ1) is 36.7. The molecule has 0 bridgehead atoms. The number of nitrogens with two attached hydrogens (primary N) is 2. The van der Waals surface area contributed by atoms with E-state index in [0.717, 1.165) is 22.3 Å². The molecule has 12 nitrogen and oxygen atoms in total. The highest BCUT2D eigenvalue weighted by Crippen LogP contribution is 2.60. The molecule has 15 heteroatoms. The van der Waals surface area contributed by atoms with Crippen molar-refractivity contribution in [2.24, 2.45) is 15.5 Å². The Bertz CT molecular complexity index is 1510. The Balaban J connectivity index is 1.67. The van der Waals surface area contributed by atoms with Crippen LogP contribution in [0.15, 0.2) is 102 Å². The maximum atomic E-state index is 6.51. The van der Waals surface area contributed by atoms with E-state index in [9.17, 15) is 0 Å². The van der Waals surface area contributed by atoms with Crippen molar-refractivity contribution in [3.63, 3.8) is 0 Å². The third-order valence-corrected chi connectivity index (χ3v) is 11.6. The van der Waals surface area contributed by atoms with Crippen LogP contribution in [-0.4, -0.2) is 28.4 Å². The molecule has 0 spiro atoms. The Morgan fingerprint density at radius 1 is 0.553 bits per heavy atom. The van der Waals surface area contributed by atoms with E-state index in [-0.39, 0.29) is 26.4 Å². The highest BCUT2D eigenvalue weighted by molar-refractivity contribution is 7.71. The third-order valence-electron chi connectivity index (χ3n) is 6.48. The lowest BCUT2D eigenvalue weighted by molar-refractivity contribution is 0.208. The number of rotatable bonds is 19. The van der Waals surface area contributed by atoms with Gasteiger partial charge in [0.2, 0.25) is 0 Å². The number of hydrogen-bond acceptors (Lipinski definition) is 11.